The molecule has 0 saturated heterocycles. The van der Waals surface area contributed by atoms with Crippen LogP contribution >= 0.6 is 0 Å². The third-order valence-corrected chi connectivity index (χ3v) is 2.85. The Hall–Kier alpha value is -1.97. The summed E-state index contributed by atoms with van der Waals surface area (Å²) in [5, 5.41) is 4.53. The summed E-state index contributed by atoms with van der Waals surface area (Å²) in [7, 11) is 1.66. The molecule has 2 rings (SSSR count). The van der Waals surface area contributed by atoms with Crippen LogP contribution in [0.3, 0.4) is 0 Å². The minimum atomic E-state index is 0.687. The molecule has 0 saturated carbocycles. The fourth-order valence-electron chi connectivity index (χ4n) is 2.00. The number of nitrogens with two attached hydrogens (primary N) is 1. The molecular formula is C14H19N3O. The first-order chi connectivity index (χ1) is 8.65. The van der Waals surface area contributed by atoms with Gasteiger partial charge in [-0.3, -0.25) is 4.68 Å². The molecule has 4 heteroatoms. The molecule has 96 valence electrons. The van der Waals surface area contributed by atoms with E-state index >= 15 is 0 Å². The van der Waals surface area contributed by atoms with E-state index in [1.54, 1.807) is 7.11 Å². The quantitative estimate of drug-likeness (QED) is 0.901. The van der Waals surface area contributed by atoms with E-state index in [0.29, 0.717) is 5.69 Å². The Labute approximate surface area is 107 Å². The molecular weight excluding hydrogens is 226 g/mol. The van der Waals surface area contributed by atoms with E-state index in [0.717, 1.165) is 35.5 Å². The lowest BCUT2D eigenvalue weighted by Crippen LogP contribution is -1.97. The first-order valence-electron chi connectivity index (χ1n) is 6.13. The van der Waals surface area contributed by atoms with Gasteiger partial charge in [0.25, 0.3) is 0 Å². The van der Waals surface area contributed by atoms with E-state index < -0.39 is 0 Å². The lowest BCUT2D eigenvalue weighted by molar-refractivity contribution is 0.416. The van der Waals surface area contributed by atoms with Crippen molar-refractivity contribution in [2.45, 2.75) is 26.8 Å². The summed E-state index contributed by atoms with van der Waals surface area (Å²) in [5.41, 5.74) is 9.63. The second-order valence-corrected chi connectivity index (χ2v) is 4.40. The van der Waals surface area contributed by atoms with Gasteiger partial charge in [0.05, 0.1) is 12.8 Å². The second-order valence-electron chi connectivity index (χ2n) is 4.40. The lowest BCUT2D eigenvalue weighted by Gasteiger charge is -2.08. The number of hydrogen-bond acceptors (Lipinski definition) is 3. The van der Waals surface area contributed by atoms with Gasteiger partial charge in [-0.2, -0.15) is 5.10 Å². The fourth-order valence-corrected chi connectivity index (χ4v) is 2.00. The van der Waals surface area contributed by atoms with Crippen molar-refractivity contribution in [3.63, 3.8) is 0 Å². The number of methoxy groups -OCH3 is 1. The molecule has 2 N–H and O–H groups in total. The van der Waals surface area contributed by atoms with E-state index in [2.05, 4.69) is 12.0 Å². The first-order valence-corrected chi connectivity index (χ1v) is 6.13. The highest BCUT2D eigenvalue weighted by atomic mass is 16.5. The highest BCUT2D eigenvalue weighted by Crippen LogP contribution is 2.33. The van der Waals surface area contributed by atoms with Crippen molar-refractivity contribution in [1.29, 1.82) is 0 Å². The predicted octanol–water partition coefficient (Wildman–Crippen LogP) is 2.86. The molecule has 0 aliphatic heterocycles. The van der Waals surface area contributed by atoms with Crippen LogP contribution in [0.25, 0.3) is 11.3 Å². The van der Waals surface area contributed by atoms with Crippen LogP contribution in [0.4, 0.5) is 5.69 Å². The normalized spacial score (nSPS) is 10.6. The van der Waals surface area contributed by atoms with Gasteiger partial charge in [0.1, 0.15) is 11.4 Å². The number of hydrogen-bond donors (Lipinski definition) is 1. The number of anilines is 1. The molecule has 18 heavy (non-hydrogen) atoms. The van der Waals surface area contributed by atoms with Gasteiger partial charge < -0.3 is 10.5 Å². The van der Waals surface area contributed by atoms with E-state index in [9.17, 15) is 0 Å². The summed E-state index contributed by atoms with van der Waals surface area (Å²) >= 11 is 0. The molecule has 0 radical (unpaired) electrons. The summed E-state index contributed by atoms with van der Waals surface area (Å²) in [6.45, 7) is 5.03. The lowest BCUT2D eigenvalue weighted by atomic mass is 10.1. The summed E-state index contributed by atoms with van der Waals surface area (Å²) in [4.78, 5) is 0. The molecule has 4 nitrogen and oxygen atoms in total. The van der Waals surface area contributed by atoms with E-state index in [1.165, 1.54) is 0 Å². The second kappa shape index (κ2) is 5.12. The van der Waals surface area contributed by atoms with Crippen LogP contribution in [0.15, 0.2) is 24.4 Å². The van der Waals surface area contributed by atoms with Gasteiger partial charge in [-0.05, 0) is 25.5 Å². The molecule has 1 aromatic heterocycles. The Balaban J connectivity index is 2.50. The van der Waals surface area contributed by atoms with E-state index in [1.807, 2.05) is 36.0 Å². The Morgan fingerprint density at radius 2 is 2.17 bits per heavy atom. The SMILES string of the molecule is CCCn1cc(N)c(-c2cc(C)ccc2OC)n1. The van der Waals surface area contributed by atoms with Crippen molar-refractivity contribution in [2.75, 3.05) is 12.8 Å². The molecule has 2 aromatic rings. The van der Waals surface area contributed by atoms with Crippen LogP contribution in [0, 0.1) is 6.92 Å². The Morgan fingerprint density at radius 3 is 2.83 bits per heavy atom. The topological polar surface area (TPSA) is 53.1 Å². The van der Waals surface area contributed by atoms with Crippen LogP contribution in [-0.4, -0.2) is 16.9 Å². The van der Waals surface area contributed by atoms with Crippen LogP contribution in [0.5, 0.6) is 5.75 Å². The van der Waals surface area contributed by atoms with Crippen molar-refractivity contribution >= 4 is 5.69 Å². The molecule has 0 aliphatic carbocycles. The summed E-state index contributed by atoms with van der Waals surface area (Å²) in [6.07, 6.45) is 2.91. The number of nitrogen functional groups attached to an aromatic ring is 1. The maximum absolute atomic E-state index is 6.04. The minimum absolute atomic E-state index is 0.687. The molecule has 1 heterocycles. The van der Waals surface area contributed by atoms with Crippen molar-refractivity contribution in [3.05, 3.63) is 30.0 Å². The summed E-state index contributed by atoms with van der Waals surface area (Å²) < 4.78 is 7.26. The average molecular weight is 245 g/mol. The summed E-state index contributed by atoms with van der Waals surface area (Å²) in [5.74, 6) is 0.800. The minimum Gasteiger partial charge on any atom is -0.496 e. The number of nitrogens with zero attached hydrogens (tertiary/aromatic N) is 2. The zero-order valence-electron chi connectivity index (χ0n) is 11.1. The average Bonchev–Trinajstić information content (AvgIpc) is 2.70. The molecule has 0 bridgehead atoms. The number of aromatic nitrogens is 2. The molecule has 1 aromatic carbocycles. The van der Waals surface area contributed by atoms with Crippen LogP contribution in [-0.2, 0) is 6.54 Å². The van der Waals surface area contributed by atoms with Gasteiger partial charge in [0, 0.05) is 18.3 Å². The number of benzene rings is 1. The van der Waals surface area contributed by atoms with Gasteiger partial charge in [0.2, 0.25) is 0 Å². The molecule has 0 spiro atoms. The Morgan fingerprint density at radius 1 is 1.39 bits per heavy atom. The van der Waals surface area contributed by atoms with Crippen LogP contribution < -0.4 is 10.5 Å². The van der Waals surface area contributed by atoms with Crippen molar-refractivity contribution in [1.82, 2.24) is 9.78 Å². The fraction of sp³-hybridized carbons (Fsp3) is 0.357. The molecule has 0 fully saturated rings. The van der Waals surface area contributed by atoms with Gasteiger partial charge in [-0.15, -0.1) is 0 Å². The van der Waals surface area contributed by atoms with E-state index in [4.69, 9.17) is 10.5 Å². The van der Waals surface area contributed by atoms with Gasteiger partial charge in [0.15, 0.2) is 0 Å². The molecule has 0 amide bonds. The van der Waals surface area contributed by atoms with Gasteiger partial charge in [-0.25, -0.2) is 0 Å². The maximum atomic E-state index is 6.04. The standard InChI is InChI=1S/C14H19N3O/c1-4-7-17-9-12(15)14(16-17)11-8-10(2)5-6-13(11)18-3/h5-6,8-9H,4,7,15H2,1-3H3. The van der Waals surface area contributed by atoms with Crippen molar-refractivity contribution in [2.24, 2.45) is 0 Å². The predicted molar refractivity (Wildman–Crippen MR) is 73.7 cm³/mol. The highest BCUT2D eigenvalue weighted by Gasteiger charge is 2.13. The maximum Gasteiger partial charge on any atom is 0.128 e. The third-order valence-electron chi connectivity index (χ3n) is 2.85. The number of ether oxygens (including phenoxy) is 1. The smallest absolute Gasteiger partial charge is 0.128 e. The first kappa shape index (κ1) is 12.5. The Bertz CT molecular complexity index is 546. The molecule has 0 aliphatic rings. The number of rotatable bonds is 4. The largest absolute Gasteiger partial charge is 0.496 e. The van der Waals surface area contributed by atoms with Gasteiger partial charge >= 0.3 is 0 Å². The van der Waals surface area contributed by atoms with Gasteiger partial charge in [-0.1, -0.05) is 18.6 Å². The summed E-state index contributed by atoms with van der Waals surface area (Å²) in [6, 6.07) is 6.01. The van der Waals surface area contributed by atoms with Crippen molar-refractivity contribution in [3.8, 4) is 17.0 Å². The third kappa shape index (κ3) is 2.32. The highest BCUT2D eigenvalue weighted by molar-refractivity contribution is 5.77. The Kier molecular flexibility index (Phi) is 3.55. The zero-order valence-corrected chi connectivity index (χ0v) is 11.1. The molecule has 0 unspecified atom stereocenters. The van der Waals surface area contributed by atoms with Crippen LogP contribution in [0.1, 0.15) is 18.9 Å². The van der Waals surface area contributed by atoms with E-state index in [-0.39, 0.29) is 0 Å². The zero-order chi connectivity index (χ0) is 13.1. The van der Waals surface area contributed by atoms with Crippen LogP contribution in [0.2, 0.25) is 0 Å². The monoisotopic (exact) mass is 245 g/mol. The number of aryl methyl sites for hydroxylation is 2. The van der Waals surface area contributed by atoms with Crippen molar-refractivity contribution < 1.29 is 4.74 Å². The molecule has 0 atom stereocenters.